The second kappa shape index (κ2) is 5.93. The minimum absolute atomic E-state index is 0.187. The molecular formula is C22H28N2. The highest BCUT2D eigenvalue weighted by molar-refractivity contribution is 6.08. The summed E-state index contributed by atoms with van der Waals surface area (Å²) in [5.41, 5.74) is 4.35. The van der Waals surface area contributed by atoms with Crippen LogP contribution in [0.4, 0.5) is 0 Å². The molecule has 4 rings (SSSR count). The van der Waals surface area contributed by atoms with Gasteiger partial charge in [-0.15, -0.1) is 0 Å². The Morgan fingerprint density at radius 2 is 1.54 bits per heavy atom. The average Bonchev–Trinajstić information content (AvgIpc) is 3.17. The molecule has 1 aromatic heterocycles. The van der Waals surface area contributed by atoms with Gasteiger partial charge in [-0.05, 0) is 55.1 Å². The molecule has 2 aromatic carbocycles. The Kier molecular flexibility index (Phi) is 3.88. The Labute approximate surface area is 145 Å². The molecule has 1 saturated heterocycles. The first-order valence-electron chi connectivity index (χ1n) is 9.28. The second-order valence-electron chi connectivity index (χ2n) is 8.20. The molecule has 1 fully saturated rings. The van der Waals surface area contributed by atoms with Gasteiger partial charge in [0.2, 0.25) is 0 Å². The van der Waals surface area contributed by atoms with Gasteiger partial charge in [-0.3, -0.25) is 0 Å². The molecule has 0 spiro atoms. The summed E-state index contributed by atoms with van der Waals surface area (Å²) in [5, 5.41) is 2.79. The Morgan fingerprint density at radius 3 is 2.29 bits per heavy atom. The van der Waals surface area contributed by atoms with Crippen LogP contribution in [0.5, 0.6) is 0 Å². The second-order valence-corrected chi connectivity index (χ2v) is 8.20. The van der Waals surface area contributed by atoms with Crippen LogP contribution in [0.1, 0.15) is 39.2 Å². The summed E-state index contributed by atoms with van der Waals surface area (Å²) in [6.45, 7) is 11.7. The zero-order valence-electron chi connectivity index (χ0n) is 15.2. The molecule has 0 radical (unpaired) electrons. The molecule has 2 heterocycles. The van der Waals surface area contributed by atoms with Crippen molar-refractivity contribution < 1.29 is 0 Å². The van der Waals surface area contributed by atoms with Crippen molar-refractivity contribution in [1.82, 2.24) is 9.47 Å². The molecular weight excluding hydrogens is 292 g/mol. The predicted octanol–water partition coefficient (Wildman–Crippen LogP) is 5.19. The van der Waals surface area contributed by atoms with Gasteiger partial charge < -0.3 is 9.47 Å². The first kappa shape index (κ1) is 15.7. The first-order chi connectivity index (χ1) is 11.5. The fourth-order valence-corrected chi connectivity index (χ4v) is 4.01. The Morgan fingerprint density at radius 1 is 0.833 bits per heavy atom. The Bertz CT molecular complexity index is 861. The summed E-state index contributed by atoms with van der Waals surface area (Å²) in [4.78, 5) is 2.60. The van der Waals surface area contributed by atoms with Crippen LogP contribution in [0, 0.1) is 0 Å². The fraction of sp³-hybridized carbons (Fsp3) is 0.455. The van der Waals surface area contributed by atoms with E-state index in [1.807, 2.05) is 0 Å². The standard InChI is InChI=1S/C22H28N2/c1-22(2,3)17-10-11-21-19(16-17)18-8-4-5-9-20(18)24(21)15-14-23-12-6-7-13-23/h4-5,8-11,16H,6-7,12-15H2,1-3H3. The number of para-hydroxylation sites is 1. The zero-order chi connectivity index (χ0) is 16.7. The van der Waals surface area contributed by atoms with Crippen molar-refractivity contribution in [2.24, 2.45) is 0 Å². The molecule has 3 aromatic rings. The van der Waals surface area contributed by atoms with E-state index in [1.165, 1.54) is 53.3 Å². The summed E-state index contributed by atoms with van der Waals surface area (Å²) in [6.07, 6.45) is 2.73. The first-order valence-corrected chi connectivity index (χ1v) is 9.28. The molecule has 0 N–H and O–H groups in total. The van der Waals surface area contributed by atoms with Crippen molar-refractivity contribution in [3.63, 3.8) is 0 Å². The normalized spacial score (nSPS) is 16.5. The molecule has 0 amide bonds. The van der Waals surface area contributed by atoms with Gasteiger partial charge in [-0.25, -0.2) is 0 Å². The summed E-state index contributed by atoms with van der Waals surface area (Å²) in [5.74, 6) is 0. The van der Waals surface area contributed by atoms with Gasteiger partial charge in [0.15, 0.2) is 0 Å². The molecule has 0 unspecified atom stereocenters. The summed E-state index contributed by atoms with van der Waals surface area (Å²) < 4.78 is 2.52. The Balaban J connectivity index is 1.81. The van der Waals surface area contributed by atoms with Gasteiger partial charge in [0.1, 0.15) is 0 Å². The number of nitrogens with zero attached hydrogens (tertiary/aromatic N) is 2. The van der Waals surface area contributed by atoms with Gasteiger partial charge >= 0.3 is 0 Å². The van der Waals surface area contributed by atoms with E-state index < -0.39 is 0 Å². The SMILES string of the molecule is CC(C)(C)c1ccc2c(c1)c1ccccc1n2CCN1CCCC1. The maximum atomic E-state index is 2.60. The number of aromatic nitrogens is 1. The highest BCUT2D eigenvalue weighted by Gasteiger charge is 2.18. The van der Waals surface area contributed by atoms with E-state index in [4.69, 9.17) is 0 Å². The van der Waals surface area contributed by atoms with Crippen LogP contribution in [-0.2, 0) is 12.0 Å². The topological polar surface area (TPSA) is 8.17 Å². The van der Waals surface area contributed by atoms with E-state index in [2.05, 4.69) is 72.7 Å². The van der Waals surface area contributed by atoms with E-state index in [-0.39, 0.29) is 5.41 Å². The summed E-state index contributed by atoms with van der Waals surface area (Å²) >= 11 is 0. The highest BCUT2D eigenvalue weighted by Crippen LogP contribution is 2.33. The lowest BCUT2D eigenvalue weighted by molar-refractivity contribution is 0.326. The fourth-order valence-electron chi connectivity index (χ4n) is 4.01. The van der Waals surface area contributed by atoms with Gasteiger partial charge in [-0.2, -0.15) is 0 Å². The van der Waals surface area contributed by atoms with E-state index in [0.29, 0.717) is 0 Å². The summed E-state index contributed by atoms with van der Waals surface area (Å²) in [6, 6.07) is 15.9. The third-order valence-electron chi connectivity index (χ3n) is 5.48. The van der Waals surface area contributed by atoms with Gasteiger partial charge in [0, 0.05) is 34.9 Å². The van der Waals surface area contributed by atoms with Crippen LogP contribution >= 0.6 is 0 Å². The lowest BCUT2D eigenvalue weighted by atomic mass is 9.86. The van der Waals surface area contributed by atoms with Crippen LogP contribution < -0.4 is 0 Å². The van der Waals surface area contributed by atoms with Crippen molar-refractivity contribution in [3.05, 3.63) is 48.0 Å². The third-order valence-corrected chi connectivity index (χ3v) is 5.48. The van der Waals surface area contributed by atoms with Crippen molar-refractivity contribution in [2.75, 3.05) is 19.6 Å². The number of likely N-dealkylation sites (tertiary alicyclic amines) is 1. The lowest BCUT2D eigenvalue weighted by Gasteiger charge is -2.19. The maximum absolute atomic E-state index is 2.60. The van der Waals surface area contributed by atoms with Crippen molar-refractivity contribution in [1.29, 1.82) is 0 Å². The minimum Gasteiger partial charge on any atom is -0.339 e. The van der Waals surface area contributed by atoms with Crippen LogP contribution in [0.2, 0.25) is 0 Å². The number of benzene rings is 2. The number of hydrogen-bond donors (Lipinski definition) is 0. The Hall–Kier alpha value is -1.80. The molecule has 24 heavy (non-hydrogen) atoms. The molecule has 0 bridgehead atoms. The molecule has 0 atom stereocenters. The van der Waals surface area contributed by atoms with Gasteiger partial charge in [-0.1, -0.05) is 45.0 Å². The number of hydrogen-bond acceptors (Lipinski definition) is 1. The molecule has 126 valence electrons. The van der Waals surface area contributed by atoms with Gasteiger partial charge in [0.05, 0.1) is 0 Å². The average molecular weight is 320 g/mol. The largest absolute Gasteiger partial charge is 0.339 e. The van der Waals surface area contributed by atoms with Crippen LogP contribution in [0.3, 0.4) is 0 Å². The van der Waals surface area contributed by atoms with E-state index in [0.717, 1.165) is 13.1 Å². The number of fused-ring (bicyclic) bond motifs is 3. The predicted molar refractivity (Wildman–Crippen MR) is 104 cm³/mol. The smallest absolute Gasteiger partial charge is 0.0492 e. The van der Waals surface area contributed by atoms with Crippen LogP contribution in [-0.4, -0.2) is 29.1 Å². The van der Waals surface area contributed by atoms with Crippen molar-refractivity contribution in [2.45, 2.75) is 45.6 Å². The molecule has 1 aliphatic heterocycles. The molecule has 2 heteroatoms. The minimum atomic E-state index is 0.187. The van der Waals surface area contributed by atoms with E-state index >= 15 is 0 Å². The van der Waals surface area contributed by atoms with E-state index in [9.17, 15) is 0 Å². The number of rotatable bonds is 3. The lowest BCUT2D eigenvalue weighted by Crippen LogP contribution is -2.24. The van der Waals surface area contributed by atoms with Crippen LogP contribution in [0.15, 0.2) is 42.5 Å². The quantitative estimate of drug-likeness (QED) is 0.645. The van der Waals surface area contributed by atoms with E-state index in [1.54, 1.807) is 0 Å². The van der Waals surface area contributed by atoms with Crippen molar-refractivity contribution in [3.8, 4) is 0 Å². The van der Waals surface area contributed by atoms with Crippen molar-refractivity contribution >= 4 is 21.8 Å². The third kappa shape index (κ3) is 2.73. The highest BCUT2D eigenvalue weighted by atomic mass is 15.2. The monoisotopic (exact) mass is 320 g/mol. The van der Waals surface area contributed by atoms with Crippen LogP contribution in [0.25, 0.3) is 21.8 Å². The summed E-state index contributed by atoms with van der Waals surface area (Å²) in [7, 11) is 0. The zero-order valence-corrected chi connectivity index (χ0v) is 15.2. The molecule has 0 saturated carbocycles. The molecule has 1 aliphatic rings. The molecule has 2 nitrogen and oxygen atoms in total. The molecule has 0 aliphatic carbocycles. The maximum Gasteiger partial charge on any atom is 0.0492 e. The van der Waals surface area contributed by atoms with Gasteiger partial charge in [0.25, 0.3) is 0 Å².